The molecule has 0 fully saturated rings. The lowest BCUT2D eigenvalue weighted by Gasteiger charge is -2.26. The molecule has 146 valence electrons. The number of rotatable bonds is 2. The highest BCUT2D eigenvalue weighted by molar-refractivity contribution is 6.09. The first-order chi connectivity index (χ1) is 14.1. The fourth-order valence-electron chi connectivity index (χ4n) is 4.29. The lowest BCUT2D eigenvalue weighted by molar-refractivity contribution is 0.0989. The Hall–Kier alpha value is -3.18. The van der Waals surface area contributed by atoms with Crippen LogP contribution in [0.4, 0.5) is 15.8 Å². The van der Waals surface area contributed by atoms with Crippen LogP contribution in [0, 0.1) is 12.7 Å². The Labute approximate surface area is 169 Å². The summed E-state index contributed by atoms with van der Waals surface area (Å²) in [5.41, 5.74) is 4.59. The van der Waals surface area contributed by atoms with Gasteiger partial charge in [-0.3, -0.25) is 10.1 Å². The quantitative estimate of drug-likeness (QED) is 0.709. The summed E-state index contributed by atoms with van der Waals surface area (Å²) in [6.45, 7) is 4.31. The van der Waals surface area contributed by atoms with E-state index in [1.165, 1.54) is 12.1 Å². The van der Waals surface area contributed by atoms with Gasteiger partial charge >= 0.3 is 0 Å². The zero-order valence-electron chi connectivity index (χ0n) is 16.3. The zero-order valence-corrected chi connectivity index (χ0v) is 16.3. The van der Waals surface area contributed by atoms with Gasteiger partial charge in [0.15, 0.2) is 0 Å². The highest BCUT2D eigenvalue weighted by atomic mass is 19.1. The average molecular weight is 387 g/mol. The molecule has 3 aromatic rings. The van der Waals surface area contributed by atoms with Crippen molar-refractivity contribution in [2.45, 2.75) is 13.3 Å². The first kappa shape index (κ1) is 17.9. The molecule has 2 heterocycles. The van der Waals surface area contributed by atoms with Crippen LogP contribution in [0.2, 0.25) is 0 Å². The predicted octanol–water partition coefficient (Wildman–Crippen LogP) is 4.37. The van der Waals surface area contributed by atoms with Crippen LogP contribution in [0.3, 0.4) is 0 Å². The van der Waals surface area contributed by atoms with Crippen LogP contribution in [-0.4, -0.2) is 25.7 Å². The molecule has 0 aromatic heterocycles. The second kappa shape index (κ2) is 7.01. The molecule has 0 radical (unpaired) electrons. The summed E-state index contributed by atoms with van der Waals surface area (Å²) < 4.78 is 13.7. The summed E-state index contributed by atoms with van der Waals surface area (Å²) >= 11 is 0. The van der Waals surface area contributed by atoms with Crippen molar-refractivity contribution in [2.24, 2.45) is 0 Å². The molecule has 5 heteroatoms. The van der Waals surface area contributed by atoms with E-state index in [9.17, 15) is 9.18 Å². The molecule has 0 aliphatic carbocycles. The van der Waals surface area contributed by atoms with E-state index in [1.807, 2.05) is 18.2 Å². The van der Waals surface area contributed by atoms with Gasteiger partial charge in [0.05, 0.1) is 12.4 Å². The van der Waals surface area contributed by atoms with Crippen molar-refractivity contribution in [3.63, 3.8) is 0 Å². The second-order valence-electron chi connectivity index (χ2n) is 7.59. The maximum atomic E-state index is 13.7. The monoisotopic (exact) mass is 387 g/mol. The van der Waals surface area contributed by atoms with E-state index in [1.54, 1.807) is 11.0 Å². The molecule has 0 unspecified atom stereocenters. The molecule has 29 heavy (non-hydrogen) atoms. The third-order valence-corrected chi connectivity index (χ3v) is 5.84. The molecular formula is C24H22FN3O. The summed E-state index contributed by atoms with van der Waals surface area (Å²) in [7, 11) is 0. The van der Waals surface area contributed by atoms with Gasteiger partial charge in [0, 0.05) is 30.5 Å². The number of fused-ring (bicyclic) bond motifs is 2. The summed E-state index contributed by atoms with van der Waals surface area (Å²) in [6, 6.07) is 14.7. The van der Waals surface area contributed by atoms with E-state index in [0.717, 1.165) is 47.2 Å². The van der Waals surface area contributed by atoms with Crippen molar-refractivity contribution in [1.29, 1.82) is 0 Å². The number of hydrogen-bond acceptors (Lipinski definition) is 3. The number of benzene rings is 3. The third kappa shape index (κ3) is 3.08. The number of carbonyl (C=O) groups excluding carboxylic acids is 1. The van der Waals surface area contributed by atoms with E-state index in [0.29, 0.717) is 17.8 Å². The minimum Gasteiger partial charge on any atom is -0.335 e. The van der Waals surface area contributed by atoms with Crippen LogP contribution < -0.4 is 15.1 Å². The van der Waals surface area contributed by atoms with Gasteiger partial charge in [-0.05, 0) is 65.6 Å². The van der Waals surface area contributed by atoms with Gasteiger partial charge in [0.25, 0.3) is 5.91 Å². The van der Waals surface area contributed by atoms with E-state index < -0.39 is 0 Å². The lowest BCUT2D eigenvalue weighted by atomic mass is 10.00. The molecule has 2 aliphatic rings. The Morgan fingerprint density at radius 3 is 2.76 bits per heavy atom. The first-order valence-electron chi connectivity index (χ1n) is 9.89. The van der Waals surface area contributed by atoms with Crippen LogP contribution in [0.5, 0.6) is 0 Å². The second-order valence-corrected chi connectivity index (χ2v) is 7.59. The van der Waals surface area contributed by atoms with Crippen molar-refractivity contribution in [1.82, 2.24) is 5.32 Å². The fourth-order valence-corrected chi connectivity index (χ4v) is 4.29. The first-order valence-corrected chi connectivity index (χ1v) is 9.89. The molecule has 3 aromatic carbocycles. The lowest BCUT2D eigenvalue weighted by Crippen LogP contribution is -2.34. The molecule has 0 bridgehead atoms. The van der Waals surface area contributed by atoms with E-state index in [4.69, 9.17) is 0 Å². The van der Waals surface area contributed by atoms with Gasteiger partial charge < -0.3 is 9.80 Å². The van der Waals surface area contributed by atoms with Crippen LogP contribution in [-0.2, 0) is 6.42 Å². The molecule has 0 saturated carbocycles. The molecule has 1 amide bonds. The zero-order chi connectivity index (χ0) is 20.0. The number of anilines is 2. The number of nitrogens with zero attached hydrogens (tertiary/aromatic N) is 2. The third-order valence-electron chi connectivity index (χ3n) is 5.84. The Kier molecular flexibility index (Phi) is 4.32. The van der Waals surface area contributed by atoms with Crippen LogP contribution in [0.25, 0.3) is 10.8 Å². The van der Waals surface area contributed by atoms with Gasteiger partial charge in [0.1, 0.15) is 5.82 Å². The molecule has 0 atom stereocenters. The molecule has 0 spiro atoms. The Morgan fingerprint density at radius 1 is 1.07 bits per heavy atom. The molecular weight excluding hydrogens is 365 g/mol. The van der Waals surface area contributed by atoms with Gasteiger partial charge in [-0.15, -0.1) is 0 Å². The molecule has 2 aliphatic heterocycles. The highest BCUT2D eigenvalue weighted by Gasteiger charge is 2.26. The normalized spacial score (nSPS) is 15.8. The molecule has 5 rings (SSSR count). The number of nitrogens with one attached hydrogen (secondary N) is 1. The van der Waals surface area contributed by atoms with Crippen molar-refractivity contribution >= 4 is 28.1 Å². The van der Waals surface area contributed by atoms with Crippen LogP contribution >= 0.6 is 0 Å². The largest absolute Gasteiger partial charge is 0.335 e. The van der Waals surface area contributed by atoms with Crippen molar-refractivity contribution < 1.29 is 9.18 Å². The molecule has 4 nitrogen and oxygen atoms in total. The highest BCUT2D eigenvalue weighted by Crippen LogP contribution is 2.33. The predicted molar refractivity (Wildman–Crippen MR) is 115 cm³/mol. The Bertz CT molecular complexity index is 1150. The number of hydrogen-bond donors (Lipinski definition) is 1. The maximum Gasteiger partial charge on any atom is 0.258 e. The SMILES string of the molecule is Cc1c(N2C=CCNC2)ccc2ccc(C(=O)N3CCc4ccc(F)cc43)cc12. The smallest absolute Gasteiger partial charge is 0.258 e. The summed E-state index contributed by atoms with van der Waals surface area (Å²) in [6.07, 6.45) is 4.94. The van der Waals surface area contributed by atoms with E-state index >= 15 is 0 Å². The number of amides is 1. The van der Waals surface area contributed by atoms with E-state index in [-0.39, 0.29) is 11.7 Å². The fraction of sp³-hybridized carbons (Fsp3) is 0.208. The van der Waals surface area contributed by atoms with Crippen LogP contribution in [0.15, 0.2) is 60.8 Å². The van der Waals surface area contributed by atoms with Crippen molar-refractivity contribution in [2.75, 3.05) is 29.6 Å². The van der Waals surface area contributed by atoms with Gasteiger partial charge in [-0.1, -0.05) is 24.3 Å². The number of aryl methyl sites for hydroxylation is 1. The summed E-state index contributed by atoms with van der Waals surface area (Å²) in [4.78, 5) is 17.1. The van der Waals surface area contributed by atoms with Gasteiger partial charge in [-0.25, -0.2) is 4.39 Å². The summed E-state index contributed by atoms with van der Waals surface area (Å²) in [5.74, 6) is -0.397. The van der Waals surface area contributed by atoms with Crippen molar-refractivity contribution in [3.8, 4) is 0 Å². The minimum atomic E-state index is -0.314. The van der Waals surface area contributed by atoms with Gasteiger partial charge in [0.2, 0.25) is 0 Å². The van der Waals surface area contributed by atoms with Crippen LogP contribution in [0.1, 0.15) is 21.5 Å². The minimum absolute atomic E-state index is 0.0828. The average Bonchev–Trinajstić information content (AvgIpc) is 3.17. The Balaban J connectivity index is 1.54. The topological polar surface area (TPSA) is 35.6 Å². The maximum absolute atomic E-state index is 13.7. The summed E-state index contributed by atoms with van der Waals surface area (Å²) in [5, 5.41) is 5.50. The van der Waals surface area contributed by atoms with E-state index in [2.05, 4.69) is 41.5 Å². The Morgan fingerprint density at radius 2 is 1.93 bits per heavy atom. The number of carbonyl (C=O) groups is 1. The van der Waals surface area contributed by atoms with Crippen molar-refractivity contribution in [3.05, 3.63) is 83.3 Å². The molecule has 0 saturated heterocycles. The standard InChI is InChI=1S/C24H22FN3O/c1-16-21-13-19(24(29)28-12-9-18-5-7-20(25)14-23(18)28)4-3-17(21)6-8-22(16)27-11-2-10-26-15-27/h2-8,11,13-14,26H,9-10,12,15H2,1H3. The number of halogens is 1. The molecule has 1 N–H and O–H groups in total. The van der Waals surface area contributed by atoms with Gasteiger partial charge in [-0.2, -0.15) is 0 Å².